The average Bonchev–Trinajstić information content (AvgIpc) is 2.75. The summed E-state index contributed by atoms with van der Waals surface area (Å²) in [5.74, 6) is 2.01. The molecule has 2 aliphatic rings. The van der Waals surface area contributed by atoms with Crippen LogP contribution in [-0.2, 0) is 0 Å². The summed E-state index contributed by atoms with van der Waals surface area (Å²) in [5, 5.41) is 3.49. The van der Waals surface area contributed by atoms with Crippen molar-refractivity contribution in [3.63, 3.8) is 0 Å². The Kier molecular flexibility index (Phi) is 15.5. The van der Waals surface area contributed by atoms with Gasteiger partial charge in [0.15, 0.2) is 11.5 Å². The topological polar surface area (TPSA) is 46.2 Å². The first kappa shape index (κ1) is 30.2. The molecule has 2 heterocycles. The van der Waals surface area contributed by atoms with E-state index in [1.807, 2.05) is 12.1 Å². The number of unbranched alkanes of at least 4 members (excludes halogenated alkanes) is 2. The van der Waals surface area contributed by atoms with Crippen LogP contribution in [0.25, 0.3) is 0 Å². The quantitative estimate of drug-likeness (QED) is 0.469. The fourth-order valence-corrected chi connectivity index (χ4v) is 4.48. The maximum Gasteiger partial charge on any atom is 0.203 e. The Morgan fingerprint density at radius 1 is 0.871 bits per heavy atom. The van der Waals surface area contributed by atoms with Gasteiger partial charge in [-0.2, -0.15) is 0 Å². The van der Waals surface area contributed by atoms with Crippen molar-refractivity contribution in [3.05, 3.63) is 12.1 Å². The molecule has 2 aliphatic heterocycles. The molecule has 1 N–H and O–H groups in total. The third kappa shape index (κ3) is 8.58. The van der Waals surface area contributed by atoms with E-state index in [0.717, 1.165) is 18.3 Å². The van der Waals surface area contributed by atoms with Gasteiger partial charge >= 0.3 is 0 Å². The summed E-state index contributed by atoms with van der Waals surface area (Å²) < 4.78 is 16.2. The predicted molar refractivity (Wildman–Crippen MR) is 136 cm³/mol. The zero-order chi connectivity index (χ0) is 19.8. The molecule has 0 radical (unpaired) electrons. The Morgan fingerprint density at radius 3 is 2.23 bits per heavy atom. The molecule has 2 fully saturated rings. The van der Waals surface area contributed by atoms with Crippen molar-refractivity contribution in [2.24, 2.45) is 0 Å². The smallest absolute Gasteiger partial charge is 0.203 e. The number of halogens is 3. The van der Waals surface area contributed by atoms with Crippen molar-refractivity contribution in [2.45, 2.75) is 44.6 Å². The number of hydrogen-bond acceptors (Lipinski definition) is 6. The highest BCUT2D eigenvalue weighted by Gasteiger charge is 2.28. The molecule has 0 aliphatic carbocycles. The maximum absolute atomic E-state index is 5.42. The minimum absolute atomic E-state index is 0. The van der Waals surface area contributed by atoms with Crippen molar-refractivity contribution in [3.8, 4) is 17.2 Å². The first-order chi connectivity index (χ1) is 13.7. The summed E-state index contributed by atoms with van der Waals surface area (Å²) in [5.41, 5.74) is 1.00. The van der Waals surface area contributed by atoms with Gasteiger partial charge in [0.25, 0.3) is 0 Å². The number of benzene rings is 1. The summed E-state index contributed by atoms with van der Waals surface area (Å²) in [7, 11) is 4.92. The molecule has 0 saturated carbocycles. The standard InChI is InChI=1S/C22H37N3O3.3ClH/c1-26-20-15-18(16-21(27-2)22(20)28-3)23-10-6-4-7-11-24-13-14-25-12-8-5-9-19(25)17-24;;;/h15-16,19,23H,4-14,17H2,1-3H3;3*1H. The van der Waals surface area contributed by atoms with Crippen LogP contribution in [0.1, 0.15) is 38.5 Å². The number of ether oxygens (including phenoxy) is 3. The van der Waals surface area contributed by atoms with Crippen LogP contribution >= 0.6 is 37.2 Å². The molecule has 0 spiro atoms. The Morgan fingerprint density at radius 2 is 1.58 bits per heavy atom. The average molecular weight is 501 g/mol. The molecule has 0 aromatic heterocycles. The fraction of sp³-hybridized carbons (Fsp3) is 0.727. The second-order valence-electron chi connectivity index (χ2n) is 7.89. The third-order valence-electron chi connectivity index (χ3n) is 6.07. The summed E-state index contributed by atoms with van der Waals surface area (Å²) >= 11 is 0. The second-order valence-corrected chi connectivity index (χ2v) is 7.89. The van der Waals surface area contributed by atoms with Crippen molar-refractivity contribution in [2.75, 3.05) is 65.9 Å². The van der Waals surface area contributed by atoms with Crippen LogP contribution in [0, 0.1) is 0 Å². The highest BCUT2D eigenvalue weighted by Crippen LogP contribution is 2.39. The molecule has 6 nitrogen and oxygen atoms in total. The molecule has 1 aromatic rings. The van der Waals surface area contributed by atoms with Crippen molar-refractivity contribution in [1.29, 1.82) is 0 Å². The molecule has 1 atom stereocenters. The van der Waals surface area contributed by atoms with Crippen LogP contribution in [0.15, 0.2) is 12.1 Å². The maximum atomic E-state index is 5.42. The van der Waals surface area contributed by atoms with Crippen molar-refractivity contribution in [1.82, 2.24) is 9.80 Å². The summed E-state index contributed by atoms with van der Waals surface area (Å²) in [6, 6.07) is 4.75. The Bertz CT molecular complexity index is 600. The number of fused-ring (bicyclic) bond motifs is 1. The van der Waals surface area contributed by atoms with Crippen molar-refractivity contribution < 1.29 is 14.2 Å². The number of rotatable bonds is 10. The molecule has 2 saturated heterocycles. The molecular weight excluding hydrogens is 461 g/mol. The molecule has 9 heteroatoms. The highest BCUT2D eigenvalue weighted by molar-refractivity contribution is 5.86. The van der Waals surface area contributed by atoms with Gasteiger partial charge in [0.05, 0.1) is 21.3 Å². The Hall–Kier alpha value is -0.790. The van der Waals surface area contributed by atoms with Gasteiger partial charge in [-0.3, -0.25) is 4.90 Å². The third-order valence-corrected chi connectivity index (χ3v) is 6.07. The van der Waals surface area contributed by atoms with E-state index in [1.165, 1.54) is 71.2 Å². The molecule has 182 valence electrons. The van der Waals surface area contributed by atoms with Crippen LogP contribution in [0.2, 0.25) is 0 Å². The first-order valence-electron chi connectivity index (χ1n) is 10.8. The lowest BCUT2D eigenvalue weighted by Crippen LogP contribution is -2.54. The molecule has 1 aromatic carbocycles. The van der Waals surface area contributed by atoms with Gasteiger partial charge < -0.3 is 24.4 Å². The lowest BCUT2D eigenvalue weighted by molar-refractivity contribution is 0.0487. The number of nitrogens with zero attached hydrogens (tertiary/aromatic N) is 2. The van der Waals surface area contributed by atoms with Gasteiger partial charge in [-0.15, -0.1) is 37.2 Å². The SMILES string of the molecule is COc1cc(NCCCCCN2CCN3CCCCC3C2)cc(OC)c1OC.Cl.Cl.Cl. The minimum atomic E-state index is 0. The van der Waals surface area contributed by atoms with E-state index in [9.17, 15) is 0 Å². The lowest BCUT2D eigenvalue weighted by atomic mass is 9.99. The number of piperazine rings is 1. The van der Waals surface area contributed by atoms with E-state index in [1.54, 1.807) is 21.3 Å². The van der Waals surface area contributed by atoms with E-state index in [0.29, 0.717) is 17.2 Å². The first-order valence-corrected chi connectivity index (χ1v) is 10.8. The van der Waals surface area contributed by atoms with Gasteiger partial charge in [0.2, 0.25) is 5.75 Å². The Labute approximate surface area is 206 Å². The number of nitrogens with one attached hydrogen (secondary N) is 1. The van der Waals surface area contributed by atoms with Crippen LogP contribution in [0.5, 0.6) is 17.2 Å². The zero-order valence-corrected chi connectivity index (χ0v) is 21.5. The van der Waals surface area contributed by atoms with E-state index in [2.05, 4.69) is 15.1 Å². The zero-order valence-electron chi connectivity index (χ0n) is 19.1. The van der Waals surface area contributed by atoms with Crippen LogP contribution < -0.4 is 19.5 Å². The fourth-order valence-electron chi connectivity index (χ4n) is 4.48. The number of methoxy groups -OCH3 is 3. The molecule has 31 heavy (non-hydrogen) atoms. The largest absolute Gasteiger partial charge is 0.493 e. The lowest BCUT2D eigenvalue weighted by Gasteiger charge is -2.44. The van der Waals surface area contributed by atoms with Gasteiger partial charge in [0.1, 0.15) is 0 Å². The summed E-state index contributed by atoms with van der Waals surface area (Å²) in [6.07, 6.45) is 7.91. The monoisotopic (exact) mass is 499 g/mol. The number of piperidine rings is 1. The van der Waals surface area contributed by atoms with Crippen LogP contribution in [0.3, 0.4) is 0 Å². The van der Waals surface area contributed by atoms with E-state index in [4.69, 9.17) is 14.2 Å². The predicted octanol–water partition coefficient (Wildman–Crippen LogP) is 4.73. The van der Waals surface area contributed by atoms with Crippen molar-refractivity contribution >= 4 is 42.9 Å². The molecule has 0 amide bonds. The van der Waals surface area contributed by atoms with Crippen LogP contribution in [0.4, 0.5) is 5.69 Å². The van der Waals surface area contributed by atoms with E-state index >= 15 is 0 Å². The molecule has 3 rings (SSSR count). The van der Waals surface area contributed by atoms with Gasteiger partial charge in [-0.25, -0.2) is 0 Å². The minimum Gasteiger partial charge on any atom is -0.493 e. The molecular formula is C22H40Cl3N3O3. The number of hydrogen-bond donors (Lipinski definition) is 1. The Balaban J connectivity index is 0.00000300. The normalized spacial score (nSPS) is 18.5. The van der Waals surface area contributed by atoms with Crippen LogP contribution in [-0.4, -0.2) is 76.4 Å². The van der Waals surface area contributed by atoms with Gasteiger partial charge in [-0.05, 0) is 38.8 Å². The second kappa shape index (κ2) is 15.9. The van der Waals surface area contributed by atoms with E-state index < -0.39 is 0 Å². The summed E-state index contributed by atoms with van der Waals surface area (Å²) in [6.45, 7) is 7.33. The highest BCUT2D eigenvalue weighted by atomic mass is 35.5. The number of anilines is 1. The molecule has 0 bridgehead atoms. The van der Waals surface area contributed by atoms with Gasteiger partial charge in [0, 0.05) is 50.0 Å². The molecule has 1 unspecified atom stereocenters. The van der Waals surface area contributed by atoms with Gasteiger partial charge in [-0.1, -0.05) is 12.8 Å². The summed E-state index contributed by atoms with van der Waals surface area (Å²) in [4.78, 5) is 5.39. The van der Waals surface area contributed by atoms with E-state index in [-0.39, 0.29) is 37.2 Å².